The number of halogens is 1. The number of H-pyrrole nitrogens is 1. The molecule has 2 aromatic heterocycles. The quantitative estimate of drug-likeness (QED) is 0.613. The van der Waals surface area contributed by atoms with Crippen LogP contribution in [0.25, 0.3) is 22.3 Å². The Morgan fingerprint density at radius 3 is 2.72 bits per heavy atom. The van der Waals surface area contributed by atoms with Crippen LogP contribution >= 0.6 is 0 Å². The monoisotopic (exact) mass is 437 g/mol. The molecule has 4 heterocycles. The SMILES string of the molecule is CC1(Oc2ccc3n[nH]c(-c4cc(N5CC(F)(CN6CCNCC6)C5)ncn4)c3c2)CC1. The molecule has 2 N–H and O–H groups in total. The number of hydrogen-bond donors (Lipinski definition) is 2. The maximum atomic E-state index is 15.2. The lowest BCUT2D eigenvalue weighted by molar-refractivity contribution is 0.0581. The van der Waals surface area contributed by atoms with Crippen molar-refractivity contribution in [2.45, 2.75) is 31.0 Å². The minimum absolute atomic E-state index is 0.0409. The minimum atomic E-state index is -1.19. The zero-order valence-electron chi connectivity index (χ0n) is 18.3. The molecule has 6 rings (SSSR count). The fourth-order valence-electron chi connectivity index (χ4n) is 4.64. The van der Waals surface area contributed by atoms with E-state index in [0.29, 0.717) is 19.6 Å². The third-order valence-corrected chi connectivity index (χ3v) is 6.74. The number of anilines is 1. The van der Waals surface area contributed by atoms with Crippen molar-refractivity contribution in [3.63, 3.8) is 0 Å². The van der Waals surface area contributed by atoms with Gasteiger partial charge in [0.25, 0.3) is 0 Å². The number of nitrogens with one attached hydrogen (secondary N) is 2. The molecule has 0 spiro atoms. The Morgan fingerprint density at radius 1 is 1.12 bits per heavy atom. The van der Waals surface area contributed by atoms with E-state index in [0.717, 1.165) is 72.9 Å². The van der Waals surface area contributed by atoms with E-state index in [4.69, 9.17) is 4.74 Å². The van der Waals surface area contributed by atoms with E-state index in [1.807, 2.05) is 29.2 Å². The van der Waals surface area contributed by atoms with E-state index in [2.05, 4.69) is 37.3 Å². The molecule has 9 heteroatoms. The molecule has 0 amide bonds. The summed E-state index contributed by atoms with van der Waals surface area (Å²) in [4.78, 5) is 13.1. The molecular formula is C23H28FN7O. The Hall–Kier alpha value is -2.78. The van der Waals surface area contributed by atoms with Crippen molar-refractivity contribution in [1.82, 2.24) is 30.4 Å². The van der Waals surface area contributed by atoms with Crippen molar-refractivity contribution in [2.75, 3.05) is 50.7 Å². The smallest absolute Gasteiger partial charge is 0.158 e. The summed E-state index contributed by atoms with van der Waals surface area (Å²) in [5.74, 6) is 1.58. The second-order valence-corrected chi connectivity index (χ2v) is 9.62. The van der Waals surface area contributed by atoms with Crippen molar-refractivity contribution < 1.29 is 9.13 Å². The summed E-state index contributed by atoms with van der Waals surface area (Å²) in [6.07, 6.45) is 3.70. The molecule has 1 aromatic carbocycles. The number of alkyl halides is 1. The molecule has 3 aromatic rings. The highest BCUT2D eigenvalue weighted by atomic mass is 19.1. The Labute approximate surface area is 186 Å². The van der Waals surface area contributed by atoms with Gasteiger partial charge in [0.05, 0.1) is 30.0 Å². The molecule has 168 valence electrons. The number of nitrogens with zero attached hydrogens (tertiary/aromatic N) is 5. The highest BCUT2D eigenvalue weighted by molar-refractivity contribution is 5.93. The van der Waals surface area contributed by atoms with Crippen LogP contribution in [0.2, 0.25) is 0 Å². The molecule has 3 fully saturated rings. The van der Waals surface area contributed by atoms with Gasteiger partial charge in [0, 0.05) is 44.2 Å². The summed E-state index contributed by atoms with van der Waals surface area (Å²) in [7, 11) is 0. The zero-order valence-corrected chi connectivity index (χ0v) is 18.3. The van der Waals surface area contributed by atoms with E-state index < -0.39 is 5.67 Å². The van der Waals surface area contributed by atoms with Gasteiger partial charge in [-0.1, -0.05) is 0 Å². The zero-order chi connectivity index (χ0) is 21.8. The summed E-state index contributed by atoms with van der Waals surface area (Å²) < 4.78 is 21.3. The van der Waals surface area contributed by atoms with Crippen LogP contribution in [-0.2, 0) is 0 Å². The topological polar surface area (TPSA) is 82.2 Å². The fraction of sp³-hybridized carbons (Fsp3) is 0.522. The second kappa shape index (κ2) is 7.38. The van der Waals surface area contributed by atoms with Gasteiger partial charge in [-0.15, -0.1) is 0 Å². The first-order valence-corrected chi connectivity index (χ1v) is 11.4. The average molecular weight is 438 g/mol. The van der Waals surface area contributed by atoms with Gasteiger partial charge in [0.15, 0.2) is 5.67 Å². The number of rotatable bonds is 6. The summed E-state index contributed by atoms with van der Waals surface area (Å²) in [6.45, 7) is 6.99. The molecule has 2 saturated heterocycles. The lowest BCUT2D eigenvalue weighted by atomic mass is 9.95. The van der Waals surface area contributed by atoms with Crippen molar-refractivity contribution in [2.24, 2.45) is 0 Å². The number of benzene rings is 1. The van der Waals surface area contributed by atoms with Crippen LogP contribution in [0.1, 0.15) is 19.8 Å². The van der Waals surface area contributed by atoms with E-state index >= 15 is 4.39 Å². The standard InChI is InChI=1S/C23H28FN7O/c1-22(4-5-22)32-16-2-3-18-17(10-16)21(29-28-18)19-11-20(27-15-26-19)31-13-23(24,14-31)12-30-8-6-25-7-9-30/h2-3,10-11,15,25H,4-9,12-14H2,1H3,(H,28,29). The van der Waals surface area contributed by atoms with Crippen LogP contribution < -0.4 is 15.0 Å². The second-order valence-electron chi connectivity index (χ2n) is 9.62. The maximum absolute atomic E-state index is 15.2. The number of fused-ring (bicyclic) bond motifs is 1. The predicted molar refractivity (Wildman–Crippen MR) is 121 cm³/mol. The van der Waals surface area contributed by atoms with E-state index in [1.54, 1.807) is 0 Å². The molecule has 0 unspecified atom stereocenters. The number of ether oxygens (including phenoxy) is 1. The first kappa shape index (κ1) is 19.9. The van der Waals surface area contributed by atoms with Gasteiger partial charge in [0.2, 0.25) is 0 Å². The van der Waals surface area contributed by atoms with Crippen molar-refractivity contribution in [1.29, 1.82) is 0 Å². The van der Waals surface area contributed by atoms with Crippen molar-refractivity contribution in [3.8, 4) is 17.1 Å². The molecule has 2 aliphatic heterocycles. The summed E-state index contributed by atoms with van der Waals surface area (Å²) in [6, 6.07) is 7.85. The van der Waals surface area contributed by atoms with Crippen LogP contribution in [-0.4, -0.2) is 82.1 Å². The average Bonchev–Trinajstić information content (AvgIpc) is 3.35. The summed E-state index contributed by atoms with van der Waals surface area (Å²) >= 11 is 0. The van der Waals surface area contributed by atoms with Crippen LogP contribution in [0.15, 0.2) is 30.6 Å². The number of piperazine rings is 1. The Balaban J connectivity index is 1.20. The summed E-state index contributed by atoms with van der Waals surface area (Å²) in [5.41, 5.74) is 1.19. The molecule has 0 atom stereocenters. The normalized spacial score (nSPS) is 22.0. The summed E-state index contributed by atoms with van der Waals surface area (Å²) in [5, 5.41) is 11.8. The van der Waals surface area contributed by atoms with Crippen LogP contribution in [0.4, 0.5) is 10.2 Å². The van der Waals surface area contributed by atoms with Crippen LogP contribution in [0.3, 0.4) is 0 Å². The molecule has 1 aliphatic carbocycles. The first-order chi connectivity index (χ1) is 15.5. The van der Waals surface area contributed by atoms with Crippen molar-refractivity contribution in [3.05, 3.63) is 30.6 Å². The third-order valence-electron chi connectivity index (χ3n) is 6.74. The van der Waals surface area contributed by atoms with Gasteiger partial charge in [0.1, 0.15) is 23.5 Å². The largest absolute Gasteiger partial charge is 0.488 e. The molecular weight excluding hydrogens is 409 g/mol. The van der Waals surface area contributed by atoms with Crippen LogP contribution in [0, 0.1) is 0 Å². The van der Waals surface area contributed by atoms with Crippen molar-refractivity contribution >= 4 is 16.7 Å². The Bertz CT molecular complexity index is 1130. The molecule has 8 nitrogen and oxygen atoms in total. The lowest BCUT2D eigenvalue weighted by Gasteiger charge is -2.47. The van der Waals surface area contributed by atoms with Gasteiger partial charge in [-0.05, 0) is 38.0 Å². The highest BCUT2D eigenvalue weighted by Crippen LogP contribution is 2.40. The number of aromatic amines is 1. The highest BCUT2D eigenvalue weighted by Gasteiger charge is 2.45. The van der Waals surface area contributed by atoms with Gasteiger partial charge >= 0.3 is 0 Å². The van der Waals surface area contributed by atoms with Gasteiger partial charge in [-0.25, -0.2) is 14.4 Å². The van der Waals surface area contributed by atoms with Gasteiger partial charge < -0.3 is 15.0 Å². The number of hydrogen-bond acceptors (Lipinski definition) is 7. The minimum Gasteiger partial charge on any atom is -0.488 e. The maximum Gasteiger partial charge on any atom is 0.158 e. The molecule has 3 aliphatic rings. The lowest BCUT2D eigenvalue weighted by Crippen LogP contribution is -2.65. The predicted octanol–water partition coefficient (Wildman–Crippen LogP) is 2.38. The van der Waals surface area contributed by atoms with E-state index in [-0.39, 0.29) is 5.60 Å². The Morgan fingerprint density at radius 2 is 1.94 bits per heavy atom. The van der Waals surface area contributed by atoms with E-state index in [1.165, 1.54) is 6.33 Å². The van der Waals surface area contributed by atoms with Gasteiger partial charge in [-0.3, -0.25) is 10.00 Å². The Kier molecular flexibility index (Phi) is 4.58. The molecule has 0 radical (unpaired) electrons. The fourth-order valence-corrected chi connectivity index (χ4v) is 4.64. The number of aromatic nitrogens is 4. The van der Waals surface area contributed by atoms with Crippen LogP contribution in [0.5, 0.6) is 5.75 Å². The first-order valence-electron chi connectivity index (χ1n) is 11.4. The molecule has 0 bridgehead atoms. The third kappa shape index (κ3) is 3.80. The van der Waals surface area contributed by atoms with E-state index in [9.17, 15) is 0 Å². The molecule has 32 heavy (non-hydrogen) atoms. The molecule has 1 saturated carbocycles. The van der Waals surface area contributed by atoms with Gasteiger partial charge in [-0.2, -0.15) is 5.10 Å².